The van der Waals surface area contributed by atoms with Crippen molar-refractivity contribution in [3.63, 3.8) is 0 Å². The molecule has 0 aromatic heterocycles. The molecule has 0 saturated heterocycles. The van der Waals surface area contributed by atoms with E-state index < -0.39 is 0 Å². The van der Waals surface area contributed by atoms with E-state index >= 15 is 0 Å². The van der Waals surface area contributed by atoms with Gasteiger partial charge in [-0.15, -0.1) is 11.8 Å². The Bertz CT molecular complexity index is 299. The van der Waals surface area contributed by atoms with Gasteiger partial charge in [0, 0.05) is 11.3 Å². The van der Waals surface area contributed by atoms with Gasteiger partial charge in [-0.3, -0.25) is 4.79 Å². The van der Waals surface area contributed by atoms with Crippen LogP contribution in [0.3, 0.4) is 0 Å². The average Bonchev–Trinajstić information content (AvgIpc) is 2.15. The van der Waals surface area contributed by atoms with Crippen LogP contribution >= 0.6 is 11.8 Å². The summed E-state index contributed by atoms with van der Waals surface area (Å²) >= 11 is 1.70. The smallest absolute Gasteiger partial charge is 0.217 e. The van der Waals surface area contributed by atoms with Gasteiger partial charge in [0.1, 0.15) is 0 Å². The zero-order valence-corrected chi connectivity index (χ0v) is 8.43. The molecule has 2 N–H and O–H groups in total. The molecule has 0 radical (unpaired) electrons. The number of rotatable bonds is 4. The number of hydrogen-bond donors (Lipinski definition) is 1. The summed E-state index contributed by atoms with van der Waals surface area (Å²) in [6, 6.07) is 8.16. The van der Waals surface area contributed by atoms with Gasteiger partial charge < -0.3 is 5.73 Å². The highest BCUT2D eigenvalue weighted by molar-refractivity contribution is 7.98. The fourth-order valence-corrected chi connectivity index (χ4v) is 1.58. The number of carbonyl (C=O) groups is 1. The Labute approximate surface area is 82.5 Å². The van der Waals surface area contributed by atoms with Crippen molar-refractivity contribution < 1.29 is 4.79 Å². The molecule has 1 amide bonds. The lowest BCUT2D eigenvalue weighted by atomic mass is 10.1. The normalized spacial score (nSPS) is 9.92. The van der Waals surface area contributed by atoms with E-state index in [1.165, 1.54) is 10.5 Å². The fraction of sp³-hybridized carbons (Fsp3) is 0.300. The molecule has 0 saturated carbocycles. The monoisotopic (exact) mass is 195 g/mol. The molecule has 3 heteroatoms. The summed E-state index contributed by atoms with van der Waals surface area (Å²) in [7, 11) is 0. The molecule has 0 spiro atoms. The lowest BCUT2D eigenvalue weighted by Gasteiger charge is -2.01. The van der Waals surface area contributed by atoms with Crippen molar-refractivity contribution in [3.8, 4) is 0 Å². The molecule has 13 heavy (non-hydrogen) atoms. The van der Waals surface area contributed by atoms with Gasteiger partial charge in [0.25, 0.3) is 0 Å². The minimum absolute atomic E-state index is 0.241. The molecule has 2 nitrogen and oxygen atoms in total. The number of thioether (sulfide) groups is 1. The number of benzene rings is 1. The summed E-state index contributed by atoms with van der Waals surface area (Å²) in [4.78, 5) is 11.8. The molecular weight excluding hydrogens is 182 g/mol. The second-order valence-corrected chi connectivity index (χ2v) is 3.70. The van der Waals surface area contributed by atoms with Crippen LogP contribution in [-0.2, 0) is 11.2 Å². The Kier molecular flexibility index (Phi) is 3.83. The highest BCUT2D eigenvalue weighted by atomic mass is 32.2. The summed E-state index contributed by atoms with van der Waals surface area (Å²) in [5, 5.41) is 0. The van der Waals surface area contributed by atoms with Crippen LogP contribution in [-0.4, -0.2) is 12.2 Å². The van der Waals surface area contributed by atoms with Crippen LogP contribution in [0.2, 0.25) is 0 Å². The summed E-state index contributed by atoms with van der Waals surface area (Å²) in [5.74, 6) is -0.241. The number of aryl methyl sites for hydroxylation is 1. The van der Waals surface area contributed by atoms with Crippen LogP contribution in [0.1, 0.15) is 12.0 Å². The Morgan fingerprint density at radius 3 is 2.92 bits per heavy atom. The van der Waals surface area contributed by atoms with Crippen LogP contribution < -0.4 is 5.73 Å². The minimum Gasteiger partial charge on any atom is -0.370 e. The highest BCUT2D eigenvalue weighted by Crippen LogP contribution is 2.16. The number of primary amides is 1. The minimum atomic E-state index is -0.241. The van der Waals surface area contributed by atoms with E-state index in [9.17, 15) is 4.79 Å². The molecule has 1 aromatic rings. The topological polar surface area (TPSA) is 43.1 Å². The molecule has 0 aliphatic rings. The Morgan fingerprint density at radius 1 is 1.54 bits per heavy atom. The molecule has 1 aromatic carbocycles. The standard InChI is InChI=1S/C10H13NOS/c1-13-9-4-2-3-8(7-9)5-6-10(11)12/h2-4,7H,5-6H2,1H3,(H2,11,12). The van der Waals surface area contributed by atoms with Crippen molar-refractivity contribution in [1.82, 2.24) is 0 Å². The molecule has 0 fully saturated rings. The third-order valence-electron chi connectivity index (χ3n) is 1.79. The maximum absolute atomic E-state index is 10.5. The summed E-state index contributed by atoms with van der Waals surface area (Å²) in [6.45, 7) is 0. The van der Waals surface area contributed by atoms with Crippen LogP contribution in [0.5, 0.6) is 0 Å². The maximum atomic E-state index is 10.5. The van der Waals surface area contributed by atoms with Crippen LogP contribution in [0.25, 0.3) is 0 Å². The Hall–Kier alpha value is -0.960. The first-order valence-electron chi connectivity index (χ1n) is 4.13. The number of amides is 1. The Balaban J connectivity index is 2.61. The summed E-state index contributed by atoms with van der Waals surface area (Å²) < 4.78 is 0. The highest BCUT2D eigenvalue weighted by Gasteiger charge is 1.97. The molecular formula is C10H13NOS. The predicted molar refractivity (Wildman–Crippen MR) is 55.7 cm³/mol. The van der Waals surface area contributed by atoms with Gasteiger partial charge in [-0.1, -0.05) is 12.1 Å². The number of hydrogen-bond acceptors (Lipinski definition) is 2. The lowest BCUT2D eigenvalue weighted by molar-refractivity contribution is -0.117. The van der Waals surface area contributed by atoms with E-state index in [-0.39, 0.29) is 5.91 Å². The SMILES string of the molecule is CSc1cccc(CCC(N)=O)c1. The molecule has 0 heterocycles. The first-order valence-corrected chi connectivity index (χ1v) is 5.36. The maximum Gasteiger partial charge on any atom is 0.217 e. The third kappa shape index (κ3) is 3.51. The molecule has 0 aliphatic carbocycles. The van der Waals surface area contributed by atoms with Gasteiger partial charge in [-0.05, 0) is 30.4 Å². The van der Waals surface area contributed by atoms with Crippen molar-refractivity contribution in [2.45, 2.75) is 17.7 Å². The molecule has 0 unspecified atom stereocenters. The largest absolute Gasteiger partial charge is 0.370 e. The first kappa shape index (κ1) is 10.1. The zero-order chi connectivity index (χ0) is 9.68. The van der Waals surface area contributed by atoms with Crippen molar-refractivity contribution in [2.24, 2.45) is 5.73 Å². The van der Waals surface area contributed by atoms with E-state index in [0.717, 1.165) is 6.42 Å². The average molecular weight is 195 g/mol. The van der Waals surface area contributed by atoms with Gasteiger partial charge in [-0.2, -0.15) is 0 Å². The lowest BCUT2D eigenvalue weighted by Crippen LogP contribution is -2.11. The van der Waals surface area contributed by atoms with Crippen LogP contribution in [0.15, 0.2) is 29.2 Å². The number of carbonyl (C=O) groups excluding carboxylic acids is 1. The van der Waals surface area contributed by atoms with E-state index in [1.54, 1.807) is 11.8 Å². The van der Waals surface area contributed by atoms with Crippen molar-refractivity contribution >= 4 is 17.7 Å². The predicted octanol–water partition coefficient (Wildman–Crippen LogP) is 1.83. The van der Waals surface area contributed by atoms with Crippen LogP contribution in [0, 0.1) is 0 Å². The van der Waals surface area contributed by atoms with E-state index in [0.29, 0.717) is 6.42 Å². The third-order valence-corrected chi connectivity index (χ3v) is 2.52. The second-order valence-electron chi connectivity index (χ2n) is 2.82. The van der Waals surface area contributed by atoms with E-state index in [4.69, 9.17) is 5.73 Å². The summed E-state index contributed by atoms with van der Waals surface area (Å²) in [6.07, 6.45) is 3.20. The van der Waals surface area contributed by atoms with E-state index in [1.807, 2.05) is 18.4 Å². The van der Waals surface area contributed by atoms with Gasteiger partial charge in [0.05, 0.1) is 0 Å². The molecule has 0 atom stereocenters. The van der Waals surface area contributed by atoms with E-state index in [2.05, 4.69) is 12.1 Å². The van der Waals surface area contributed by atoms with Crippen molar-refractivity contribution in [1.29, 1.82) is 0 Å². The van der Waals surface area contributed by atoms with Crippen LogP contribution in [0.4, 0.5) is 0 Å². The fourth-order valence-electron chi connectivity index (χ4n) is 1.10. The molecule has 0 aliphatic heterocycles. The zero-order valence-electron chi connectivity index (χ0n) is 7.62. The van der Waals surface area contributed by atoms with Gasteiger partial charge in [0.15, 0.2) is 0 Å². The first-order chi connectivity index (χ1) is 6.22. The molecule has 70 valence electrons. The summed E-state index contributed by atoms with van der Waals surface area (Å²) in [5.41, 5.74) is 6.24. The van der Waals surface area contributed by atoms with Crippen molar-refractivity contribution in [2.75, 3.05) is 6.26 Å². The second kappa shape index (κ2) is 4.92. The quantitative estimate of drug-likeness (QED) is 0.745. The van der Waals surface area contributed by atoms with Gasteiger partial charge >= 0.3 is 0 Å². The number of nitrogens with two attached hydrogens (primary N) is 1. The van der Waals surface area contributed by atoms with Gasteiger partial charge in [0.2, 0.25) is 5.91 Å². The Morgan fingerprint density at radius 2 is 2.31 bits per heavy atom. The van der Waals surface area contributed by atoms with Crippen molar-refractivity contribution in [3.05, 3.63) is 29.8 Å². The molecule has 1 rings (SSSR count). The molecule has 0 bridgehead atoms. The van der Waals surface area contributed by atoms with Gasteiger partial charge in [-0.25, -0.2) is 0 Å².